The van der Waals surface area contributed by atoms with Crippen molar-refractivity contribution in [3.05, 3.63) is 77.0 Å². The zero-order valence-corrected chi connectivity index (χ0v) is 24.5. The van der Waals surface area contributed by atoms with Crippen molar-refractivity contribution in [2.45, 2.75) is 38.3 Å². The maximum absolute atomic E-state index is 13.5. The van der Waals surface area contributed by atoms with E-state index in [4.69, 9.17) is 10.6 Å². The molecule has 2 aliphatic rings. The van der Waals surface area contributed by atoms with Gasteiger partial charge in [0, 0.05) is 34.9 Å². The molecule has 0 spiro atoms. The van der Waals surface area contributed by atoms with Crippen LogP contribution in [0.25, 0.3) is 0 Å². The van der Waals surface area contributed by atoms with E-state index in [9.17, 15) is 28.6 Å². The number of nitrogens with one attached hydrogen (secondary N) is 2. The number of anilines is 3. The summed E-state index contributed by atoms with van der Waals surface area (Å²) >= 11 is 0. The van der Waals surface area contributed by atoms with Gasteiger partial charge in [-0.25, -0.2) is 20.6 Å². The third kappa shape index (κ3) is 6.48. The van der Waals surface area contributed by atoms with Crippen LogP contribution in [0.2, 0.25) is 0 Å². The number of nitrogens with zero attached hydrogens (tertiary/aromatic N) is 3. The zero-order valence-electron chi connectivity index (χ0n) is 23.7. The number of ether oxygens (including phenoxy) is 1. The van der Waals surface area contributed by atoms with Gasteiger partial charge in [-0.1, -0.05) is 30.3 Å². The number of cyclic esters (lactones) is 1. The minimum atomic E-state index is -2.72. The number of benzene rings is 2. The van der Waals surface area contributed by atoms with E-state index in [-0.39, 0.29) is 48.3 Å². The van der Waals surface area contributed by atoms with E-state index in [1.165, 1.54) is 6.20 Å². The molecular formula is C29H34N6O7S. The summed E-state index contributed by atoms with van der Waals surface area (Å²) in [6.45, 7) is 3.24. The number of fused-ring (bicyclic) bond motifs is 1. The maximum atomic E-state index is 13.5. The number of rotatable bonds is 8. The van der Waals surface area contributed by atoms with Gasteiger partial charge >= 0.3 is 5.97 Å². The van der Waals surface area contributed by atoms with E-state index in [0.29, 0.717) is 21.8 Å². The van der Waals surface area contributed by atoms with Crippen molar-refractivity contribution >= 4 is 45.8 Å². The van der Waals surface area contributed by atoms with E-state index in [1.807, 2.05) is 18.2 Å². The van der Waals surface area contributed by atoms with Gasteiger partial charge in [-0.05, 0) is 50.5 Å². The second-order valence-corrected chi connectivity index (χ2v) is 13.5. The van der Waals surface area contributed by atoms with Crippen LogP contribution in [0.1, 0.15) is 64.6 Å². The topological polar surface area (TPSA) is 200 Å². The summed E-state index contributed by atoms with van der Waals surface area (Å²) in [7, 11) is -2.72. The van der Waals surface area contributed by atoms with Gasteiger partial charge in [-0.15, -0.1) is 0 Å². The number of hydrogen-bond acceptors (Lipinski definition) is 12. The van der Waals surface area contributed by atoms with Crippen LogP contribution in [0.5, 0.6) is 0 Å². The molecule has 13 nitrogen and oxygen atoms in total. The Kier molecular flexibility index (Phi) is 8.40. The first-order valence-corrected chi connectivity index (χ1v) is 15.6. The van der Waals surface area contributed by atoms with Crippen molar-refractivity contribution < 1.29 is 33.3 Å². The molecule has 1 unspecified atom stereocenters. The number of aromatic nitrogens is 2. The molecule has 1 fully saturated rings. The van der Waals surface area contributed by atoms with Gasteiger partial charge in [0.05, 0.1) is 18.2 Å². The largest absolute Gasteiger partial charge is 0.451 e. The second-order valence-electron chi connectivity index (χ2n) is 11.0. The molecule has 0 saturated carbocycles. The standard InChI is InChI=1S/C29H34N6O7S/c1-29(2)22-14-19(8-9-20(22)27(39)42-29)32-28-31-15-21(24(34-28)33-23(16-36)17-6-4-3-5-7-17)26(38)35(30)25(37)18-10-12-43(40,41)13-11-18/h3-9,14-15,18,23,36,40-41H,10-13,16,30H2,1-2H3,(H2,31,32,33,34). The number of carbonyl (C=O) groups excluding carboxylic acids is 3. The monoisotopic (exact) mass is 610 g/mol. The number of nitrogens with two attached hydrogens (primary N) is 1. The molecule has 14 heteroatoms. The summed E-state index contributed by atoms with van der Waals surface area (Å²) in [6, 6.07) is 13.5. The van der Waals surface area contributed by atoms with E-state index >= 15 is 0 Å². The molecule has 2 aromatic carbocycles. The smallest absolute Gasteiger partial charge is 0.339 e. The molecule has 2 amide bonds. The zero-order chi connectivity index (χ0) is 30.9. The lowest BCUT2D eigenvalue weighted by Gasteiger charge is -2.39. The number of aliphatic hydroxyl groups excluding tert-OH is 1. The van der Waals surface area contributed by atoms with Crippen LogP contribution in [0.15, 0.2) is 54.7 Å². The molecule has 7 N–H and O–H groups in total. The Morgan fingerprint density at radius 3 is 2.53 bits per heavy atom. The number of amides is 2. The van der Waals surface area contributed by atoms with Crippen LogP contribution in [0, 0.1) is 5.92 Å². The lowest BCUT2D eigenvalue weighted by Crippen LogP contribution is -2.47. The molecule has 228 valence electrons. The molecule has 0 aliphatic carbocycles. The van der Waals surface area contributed by atoms with Crippen LogP contribution in [-0.4, -0.2) is 65.1 Å². The fourth-order valence-electron chi connectivity index (χ4n) is 5.14. The normalized spacial score (nSPS) is 18.6. The second kappa shape index (κ2) is 11.9. The van der Waals surface area contributed by atoms with Gasteiger partial charge in [0.25, 0.3) is 5.91 Å². The third-order valence-corrected chi connectivity index (χ3v) is 9.38. The highest BCUT2D eigenvalue weighted by Gasteiger charge is 2.38. The summed E-state index contributed by atoms with van der Waals surface area (Å²) in [4.78, 5) is 47.6. The number of hydrogen-bond donors (Lipinski definition) is 6. The molecule has 1 aromatic heterocycles. The molecule has 2 aliphatic heterocycles. The van der Waals surface area contributed by atoms with Gasteiger partial charge in [-0.3, -0.25) is 18.7 Å². The molecular weight excluding hydrogens is 576 g/mol. The SMILES string of the molecule is CC1(C)OC(=O)c2ccc(Nc3ncc(C(=O)N(N)C(=O)C4CCS(O)(O)CC4)c(NC(CO)c4ccccc4)n3)cc21. The summed E-state index contributed by atoms with van der Waals surface area (Å²) in [5, 5.41) is 16.8. The highest BCUT2D eigenvalue weighted by Crippen LogP contribution is 2.46. The van der Waals surface area contributed by atoms with Crippen molar-refractivity contribution in [3.63, 3.8) is 0 Å². The quantitative estimate of drug-likeness (QED) is 0.0710. The Hall–Kier alpha value is -4.08. The van der Waals surface area contributed by atoms with Crippen LogP contribution in [0.4, 0.5) is 17.5 Å². The molecule has 0 bridgehead atoms. The molecule has 5 rings (SSSR count). The van der Waals surface area contributed by atoms with Gasteiger partial charge in [0.15, 0.2) is 0 Å². The molecule has 1 atom stereocenters. The van der Waals surface area contributed by atoms with E-state index in [1.54, 1.807) is 44.2 Å². The molecule has 3 aromatic rings. The number of imide groups is 1. The predicted octanol–water partition coefficient (Wildman–Crippen LogP) is 3.77. The summed E-state index contributed by atoms with van der Waals surface area (Å²) in [5.41, 5.74) is 1.53. The summed E-state index contributed by atoms with van der Waals surface area (Å²) in [5.74, 6) is 3.71. The van der Waals surface area contributed by atoms with Gasteiger partial charge < -0.3 is 20.5 Å². The van der Waals surface area contributed by atoms with Crippen molar-refractivity contribution in [1.82, 2.24) is 15.0 Å². The van der Waals surface area contributed by atoms with Gasteiger partial charge in [0.1, 0.15) is 17.0 Å². The highest BCUT2D eigenvalue weighted by molar-refractivity contribution is 8.24. The third-order valence-electron chi connectivity index (χ3n) is 7.60. The van der Waals surface area contributed by atoms with Crippen LogP contribution < -0.4 is 16.5 Å². The van der Waals surface area contributed by atoms with Crippen molar-refractivity contribution in [3.8, 4) is 0 Å². The Labute approximate surface area is 249 Å². The predicted molar refractivity (Wildman–Crippen MR) is 161 cm³/mol. The van der Waals surface area contributed by atoms with Crippen LogP contribution >= 0.6 is 10.6 Å². The minimum absolute atomic E-state index is 0.0199. The van der Waals surface area contributed by atoms with Crippen molar-refractivity contribution in [1.29, 1.82) is 0 Å². The average Bonchev–Trinajstić information content (AvgIpc) is 3.22. The Morgan fingerprint density at radius 1 is 1.16 bits per heavy atom. The lowest BCUT2D eigenvalue weighted by molar-refractivity contribution is -0.133. The van der Waals surface area contributed by atoms with Gasteiger partial charge in [-0.2, -0.15) is 15.6 Å². The first-order chi connectivity index (χ1) is 20.4. The fourth-order valence-corrected chi connectivity index (χ4v) is 6.67. The van der Waals surface area contributed by atoms with Gasteiger partial charge in [0.2, 0.25) is 11.9 Å². The lowest BCUT2D eigenvalue weighted by atomic mass is 9.95. The van der Waals surface area contributed by atoms with E-state index < -0.39 is 45.9 Å². The van der Waals surface area contributed by atoms with Crippen LogP contribution in [-0.2, 0) is 15.1 Å². The Bertz CT molecular complexity index is 1540. The number of carbonyl (C=O) groups is 3. The fraction of sp³-hybridized carbons (Fsp3) is 0.345. The minimum Gasteiger partial charge on any atom is -0.451 e. The first kappa shape index (κ1) is 30.4. The molecule has 0 radical (unpaired) electrons. The molecule has 1 saturated heterocycles. The first-order valence-electron chi connectivity index (χ1n) is 13.7. The number of hydrazine groups is 1. The average molecular weight is 611 g/mol. The van der Waals surface area contributed by atoms with Crippen LogP contribution in [0.3, 0.4) is 0 Å². The Morgan fingerprint density at radius 2 is 1.86 bits per heavy atom. The molecule has 43 heavy (non-hydrogen) atoms. The van der Waals surface area contributed by atoms with E-state index in [0.717, 1.165) is 5.56 Å². The summed E-state index contributed by atoms with van der Waals surface area (Å²) in [6.07, 6.45) is 1.62. The number of esters is 1. The van der Waals surface area contributed by atoms with E-state index in [2.05, 4.69) is 20.6 Å². The Balaban J connectivity index is 1.44. The molecule has 3 heterocycles. The summed E-state index contributed by atoms with van der Waals surface area (Å²) < 4.78 is 25.2. The van der Waals surface area contributed by atoms with Crippen molar-refractivity contribution in [2.24, 2.45) is 11.8 Å². The maximum Gasteiger partial charge on any atom is 0.339 e. The van der Waals surface area contributed by atoms with Crippen molar-refractivity contribution in [2.75, 3.05) is 28.7 Å². The number of aliphatic hydroxyl groups is 1. The highest BCUT2D eigenvalue weighted by atomic mass is 32.3.